The first kappa shape index (κ1) is 17.5. The second-order valence-electron chi connectivity index (χ2n) is 6.39. The van der Waals surface area contributed by atoms with Gasteiger partial charge in [-0.15, -0.1) is 0 Å². The quantitative estimate of drug-likeness (QED) is 0.867. The summed E-state index contributed by atoms with van der Waals surface area (Å²) in [6, 6.07) is 6.98. The predicted molar refractivity (Wildman–Crippen MR) is 90.1 cm³/mol. The highest BCUT2D eigenvalue weighted by Crippen LogP contribution is 2.33. The van der Waals surface area contributed by atoms with Crippen LogP contribution in [0, 0.1) is 0 Å². The van der Waals surface area contributed by atoms with Crippen molar-refractivity contribution in [1.82, 2.24) is 10.2 Å². The molecule has 0 saturated carbocycles. The number of piperidine rings is 1. The Kier molecular flexibility index (Phi) is 5.30. The highest BCUT2D eigenvalue weighted by atomic mass is 35.5. The minimum atomic E-state index is -0.910. The number of urea groups is 1. The predicted octanol–water partition coefficient (Wildman–Crippen LogP) is 1.75. The summed E-state index contributed by atoms with van der Waals surface area (Å²) in [5.74, 6) is 0. The Bertz CT molecular complexity index is 572. The molecule has 24 heavy (non-hydrogen) atoms. The van der Waals surface area contributed by atoms with Gasteiger partial charge in [-0.25, -0.2) is 4.79 Å². The number of carbonyl (C=O) groups excluding carboxylic acids is 1. The number of amides is 2. The zero-order chi connectivity index (χ0) is 17.2. The van der Waals surface area contributed by atoms with Gasteiger partial charge in [0.2, 0.25) is 0 Å². The van der Waals surface area contributed by atoms with E-state index >= 15 is 0 Å². The molecule has 1 aromatic rings. The molecule has 2 unspecified atom stereocenters. The van der Waals surface area contributed by atoms with Crippen molar-refractivity contribution in [3.63, 3.8) is 0 Å². The fraction of sp³-hybridized carbons (Fsp3) is 0.588. The summed E-state index contributed by atoms with van der Waals surface area (Å²) in [6.45, 7) is 1.96. The second-order valence-corrected chi connectivity index (χ2v) is 6.83. The van der Waals surface area contributed by atoms with E-state index in [4.69, 9.17) is 21.1 Å². The van der Waals surface area contributed by atoms with Gasteiger partial charge in [-0.2, -0.15) is 0 Å². The molecule has 0 bridgehead atoms. The molecular formula is C17H23ClN2O4. The average Bonchev–Trinajstić information content (AvgIpc) is 3.03. The van der Waals surface area contributed by atoms with Crippen LogP contribution in [0.4, 0.5) is 4.79 Å². The Morgan fingerprint density at radius 1 is 1.33 bits per heavy atom. The Labute approximate surface area is 146 Å². The molecule has 2 heterocycles. The van der Waals surface area contributed by atoms with Crippen LogP contribution in [-0.4, -0.2) is 61.6 Å². The van der Waals surface area contributed by atoms with Crippen molar-refractivity contribution in [1.29, 1.82) is 0 Å². The Morgan fingerprint density at radius 2 is 2.00 bits per heavy atom. The third-order valence-electron chi connectivity index (χ3n) is 4.90. The van der Waals surface area contributed by atoms with Gasteiger partial charge in [0, 0.05) is 25.2 Å². The highest BCUT2D eigenvalue weighted by molar-refractivity contribution is 6.30. The number of halogens is 1. The molecule has 2 amide bonds. The standard InChI is InChI=1S/C17H23ClN2O4/c1-23-15-11-24-10-14(15)19-16(21)20-8-6-17(22,7-9-20)12-2-4-13(18)5-3-12/h2-5,14-15,22H,6-11H2,1H3,(H,19,21). The van der Waals surface area contributed by atoms with Gasteiger partial charge in [0.05, 0.1) is 24.9 Å². The van der Waals surface area contributed by atoms with Crippen LogP contribution in [0.25, 0.3) is 0 Å². The van der Waals surface area contributed by atoms with Gasteiger partial charge < -0.3 is 24.8 Å². The lowest BCUT2D eigenvalue weighted by Crippen LogP contribution is -2.53. The number of hydrogen-bond acceptors (Lipinski definition) is 4. The Morgan fingerprint density at radius 3 is 2.62 bits per heavy atom. The summed E-state index contributed by atoms with van der Waals surface area (Å²) >= 11 is 5.90. The fourth-order valence-electron chi connectivity index (χ4n) is 3.28. The molecule has 0 aliphatic carbocycles. The van der Waals surface area contributed by atoms with E-state index in [2.05, 4.69) is 5.32 Å². The molecule has 0 spiro atoms. The molecule has 7 heteroatoms. The van der Waals surface area contributed by atoms with Crippen LogP contribution < -0.4 is 5.32 Å². The average molecular weight is 355 g/mol. The molecule has 1 aromatic carbocycles. The minimum absolute atomic E-state index is 0.107. The number of aliphatic hydroxyl groups is 1. The second kappa shape index (κ2) is 7.27. The van der Waals surface area contributed by atoms with Crippen molar-refractivity contribution in [2.24, 2.45) is 0 Å². The summed E-state index contributed by atoms with van der Waals surface area (Å²) in [7, 11) is 1.62. The topological polar surface area (TPSA) is 71.0 Å². The Hall–Kier alpha value is -1.34. The monoisotopic (exact) mass is 354 g/mol. The van der Waals surface area contributed by atoms with E-state index < -0.39 is 5.60 Å². The van der Waals surface area contributed by atoms with Gasteiger partial charge in [0.1, 0.15) is 6.10 Å². The lowest BCUT2D eigenvalue weighted by molar-refractivity contribution is -0.0174. The highest BCUT2D eigenvalue weighted by Gasteiger charge is 2.37. The van der Waals surface area contributed by atoms with Crippen LogP contribution in [0.2, 0.25) is 5.02 Å². The zero-order valence-corrected chi connectivity index (χ0v) is 14.5. The summed E-state index contributed by atoms with van der Waals surface area (Å²) in [5.41, 5.74) is -0.0667. The van der Waals surface area contributed by atoms with Crippen molar-refractivity contribution in [2.45, 2.75) is 30.6 Å². The molecule has 132 valence electrons. The van der Waals surface area contributed by atoms with E-state index in [1.165, 1.54) is 0 Å². The maximum atomic E-state index is 12.4. The molecule has 6 nitrogen and oxygen atoms in total. The van der Waals surface area contributed by atoms with Crippen LogP contribution in [0.15, 0.2) is 24.3 Å². The lowest BCUT2D eigenvalue weighted by Gasteiger charge is -2.39. The first-order valence-corrected chi connectivity index (χ1v) is 8.54. The molecule has 2 fully saturated rings. The van der Waals surface area contributed by atoms with Crippen LogP contribution in [-0.2, 0) is 15.1 Å². The van der Waals surface area contributed by atoms with Crippen LogP contribution in [0.3, 0.4) is 0 Å². The van der Waals surface area contributed by atoms with E-state index in [0.717, 1.165) is 5.56 Å². The molecule has 0 aromatic heterocycles. The molecule has 2 saturated heterocycles. The van der Waals surface area contributed by atoms with Crippen molar-refractivity contribution in [2.75, 3.05) is 33.4 Å². The molecule has 3 rings (SSSR count). The molecule has 2 aliphatic heterocycles. The van der Waals surface area contributed by atoms with Crippen LogP contribution in [0.5, 0.6) is 0 Å². The van der Waals surface area contributed by atoms with Crippen molar-refractivity contribution in [3.05, 3.63) is 34.9 Å². The number of hydrogen-bond donors (Lipinski definition) is 2. The number of nitrogens with one attached hydrogen (secondary N) is 1. The number of carbonyl (C=O) groups is 1. The zero-order valence-electron chi connectivity index (χ0n) is 13.7. The van der Waals surface area contributed by atoms with Crippen molar-refractivity contribution >= 4 is 17.6 Å². The van der Waals surface area contributed by atoms with Crippen LogP contribution >= 0.6 is 11.6 Å². The van der Waals surface area contributed by atoms with Crippen LogP contribution in [0.1, 0.15) is 18.4 Å². The molecule has 0 radical (unpaired) electrons. The molecular weight excluding hydrogens is 332 g/mol. The largest absolute Gasteiger partial charge is 0.385 e. The summed E-state index contributed by atoms with van der Waals surface area (Å²) < 4.78 is 10.6. The normalized spacial score (nSPS) is 26.4. The fourth-order valence-corrected chi connectivity index (χ4v) is 3.41. The van der Waals surface area contributed by atoms with Gasteiger partial charge >= 0.3 is 6.03 Å². The van der Waals surface area contributed by atoms with E-state index in [1.54, 1.807) is 24.1 Å². The van der Waals surface area contributed by atoms with E-state index in [0.29, 0.717) is 44.2 Å². The first-order chi connectivity index (χ1) is 11.5. The van der Waals surface area contributed by atoms with Gasteiger partial charge in [0.25, 0.3) is 0 Å². The van der Waals surface area contributed by atoms with Gasteiger partial charge in [-0.3, -0.25) is 0 Å². The molecule has 2 aliphatic rings. The molecule has 2 N–H and O–H groups in total. The number of nitrogens with zero attached hydrogens (tertiary/aromatic N) is 1. The van der Waals surface area contributed by atoms with Gasteiger partial charge in [0.15, 0.2) is 0 Å². The summed E-state index contributed by atoms with van der Waals surface area (Å²) in [4.78, 5) is 14.1. The van der Waals surface area contributed by atoms with Gasteiger partial charge in [-0.05, 0) is 30.5 Å². The van der Waals surface area contributed by atoms with E-state index in [-0.39, 0.29) is 18.2 Å². The lowest BCUT2D eigenvalue weighted by atomic mass is 9.84. The summed E-state index contributed by atoms with van der Waals surface area (Å²) in [6.07, 6.45) is 0.887. The number of benzene rings is 1. The number of methoxy groups -OCH3 is 1. The van der Waals surface area contributed by atoms with E-state index in [1.807, 2.05) is 12.1 Å². The number of likely N-dealkylation sites (tertiary alicyclic amines) is 1. The Balaban J connectivity index is 1.56. The van der Waals surface area contributed by atoms with Crippen molar-refractivity contribution in [3.8, 4) is 0 Å². The maximum Gasteiger partial charge on any atom is 0.317 e. The number of rotatable bonds is 3. The maximum absolute atomic E-state index is 12.4. The molecule has 2 atom stereocenters. The van der Waals surface area contributed by atoms with Gasteiger partial charge in [-0.1, -0.05) is 23.7 Å². The number of ether oxygens (including phenoxy) is 2. The van der Waals surface area contributed by atoms with E-state index in [9.17, 15) is 9.90 Å². The first-order valence-electron chi connectivity index (χ1n) is 8.16. The minimum Gasteiger partial charge on any atom is -0.385 e. The SMILES string of the molecule is COC1COCC1NC(=O)N1CCC(O)(c2ccc(Cl)cc2)CC1. The summed E-state index contributed by atoms with van der Waals surface area (Å²) in [5, 5.41) is 14.5. The smallest absolute Gasteiger partial charge is 0.317 e. The van der Waals surface area contributed by atoms with Crippen molar-refractivity contribution < 1.29 is 19.4 Å². The third kappa shape index (κ3) is 3.67. The third-order valence-corrected chi connectivity index (χ3v) is 5.15.